The molecule has 0 aliphatic heterocycles. The fourth-order valence-electron chi connectivity index (χ4n) is 3.51. The highest BCUT2D eigenvalue weighted by molar-refractivity contribution is 5.76. The van der Waals surface area contributed by atoms with Gasteiger partial charge in [-0.25, -0.2) is 0 Å². The molecular weight excluding hydrogens is 342 g/mol. The maximum atomic E-state index is 12.4. The maximum Gasteiger partial charge on any atom is 0.222 e. The third-order valence-corrected chi connectivity index (χ3v) is 5.18. The van der Waals surface area contributed by atoms with Crippen molar-refractivity contribution in [2.24, 2.45) is 5.92 Å². The van der Waals surface area contributed by atoms with Crippen molar-refractivity contribution in [3.05, 3.63) is 0 Å². The lowest BCUT2D eigenvalue weighted by molar-refractivity contribution is -0.140. The number of aliphatic hydroxyl groups is 6. The molecular formula is C18H35NO7. The molecule has 0 unspecified atom stereocenters. The van der Waals surface area contributed by atoms with E-state index in [0.717, 1.165) is 12.8 Å². The van der Waals surface area contributed by atoms with E-state index in [-0.39, 0.29) is 25.6 Å². The van der Waals surface area contributed by atoms with Gasteiger partial charge in [0.15, 0.2) is 0 Å². The summed E-state index contributed by atoms with van der Waals surface area (Å²) in [7, 11) is 0. The average molecular weight is 377 g/mol. The molecule has 0 bridgehead atoms. The summed E-state index contributed by atoms with van der Waals surface area (Å²) < 4.78 is 0. The fourth-order valence-corrected chi connectivity index (χ4v) is 3.51. The van der Waals surface area contributed by atoms with Crippen molar-refractivity contribution in [1.29, 1.82) is 0 Å². The molecule has 26 heavy (non-hydrogen) atoms. The molecule has 1 saturated carbocycles. The van der Waals surface area contributed by atoms with Gasteiger partial charge in [-0.05, 0) is 18.8 Å². The number of aliphatic hydroxyl groups excluding tert-OH is 6. The van der Waals surface area contributed by atoms with E-state index in [1.54, 1.807) is 0 Å². The van der Waals surface area contributed by atoms with Gasteiger partial charge in [-0.3, -0.25) is 4.79 Å². The van der Waals surface area contributed by atoms with Gasteiger partial charge >= 0.3 is 0 Å². The summed E-state index contributed by atoms with van der Waals surface area (Å²) in [6.45, 7) is -1.28. The predicted octanol–water partition coefficient (Wildman–Crippen LogP) is -1.01. The van der Waals surface area contributed by atoms with E-state index in [9.17, 15) is 25.2 Å². The molecule has 0 saturated heterocycles. The maximum absolute atomic E-state index is 12.4. The molecule has 1 aliphatic rings. The Kier molecular flexibility index (Phi) is 11.3. The molecule has 154 valence electrons. The van der Waals surface area contributed by atoms with Crippen LogP contribution in [-0.2, 0) is 4.79 Å². The van der Waals surface area contributed by atoms with Crippen LogP contribution in [0.15, 0.2) is 0 Å². The van der Waals surface area contributed by atoms with Crippen molar-refractivity contribution >= 4 is 5.91 Å². The molecule has 1 aliphatic carbocycles. The molecule has 1 rings (SSSR count). The number of hydrogen-bond acceptors (Lipinski definition) is 7. The summed E-state index contributed by atoms with van der Waals surface area (Å²) in [5.41, 5.74) is 0. The number of nitrogens with zero attached hydrogens (tertiary/aromatic N) is 1. The van der Waals surface area contributed by atoms with Crippen molar-refractivity contribution in [1.82, 2.24) is 4.90 Å². The zero-order chi connectivity index (χ0) is 19.5. The van der Waals surface area contributed by atoms with Gasteiger partial charge in [0.2, 0.25) is 5.91 Å². The zero-order valence-corrected chi connectivity index (χ0v) is 15.4. The number of carbonyl (C=O) groups excluding carboxylic acids is 1. The topological polar surface area (TPSA) is 142 Å². The number of rotatable bonds is 12. The summed E-state index contributed by atoms with van der Waals surface area (Å²) in [5, 5.41) is 56.8. The van der Waals surface area contributed by atoms with Crippen LogP contribution in [0.5, 0.6) is 0 Å². The third kappa shape index (κ3) is 7.85. The zero-order valence-electron chi connectivity index (χ0n) is 15.4. The van der Waals surface area contributed by atoms with Crippen LogP contribution >= 0.6 is 0 Å². The Labute approximate surface area is 155 Å². The standard InChI is InChI=1S/C18H35NO7/c20-10-9-19(11-14(22)17(25)18(26)15(23)12-21)16(24)8-4-7-13-5-2-1-3-6-13/h13-15,17-18,20-23,25-26H,1-12H2/t14-,15+,17+,18+/m0/s1. The van der Waals surface area contributed by atoms with Crippen LogP contribution < -0.4 is 0 Å². The van der Waals surface area contributed by atoms with Gasteiger partial charge in [0.05, 0.1) is 13.2 Å². The highest BCUT2D eigenvalue weighted by Gasteiger charge is 2.31. The van der Waals surface area contributed by atoms with Crippen LogP contribution in [0.25, 0.3) is 0 Å². The van der Waals surface area contributed by atoms with Gasteiger partial charge in [0.25, 0.3) is 0 Å². The smallest absolute Gasteiger partial charge is 0.222 e. The van der Waals surface area contributed by atoms with Crippen LogP contribution in [0.1, 0.15) is 51.4 Å². The van der Waals surface area contributed by atoms with E-state index in [1.165, 1.54) is 37.0 Å². The number of hydrogen-bond donors (Lipinski definition) is 6. The minimum atomic E-state index is -1.73. The second-order valence-electron chi connectivity index (χ2n) is 7.26. The van der Waals surface area contributed by atoms with Crippen molar-refractivity contribution in [3.8, 4) is 0 Å². The second kappa shape index (κ2) is 12.6. The van der Waals surface area contributed by atoms with Gasteiger partial charge in [0.1, 0.15) is 24.4 Å². The van der Waals surface area contributed by atoms with E-state index >= 15 is 0 Å². The highest BCUT2D eigenvalue weighted by atomic mass is 16.4. The van der Waals surface area contributed by atoms with Crippen LogP contribution in [0.3, 0.4) is 0 Å². The first-order valence-corrected chi connectivity index (χ1v) is 9.62. The van der Waals surface area contributed by atoms with Gasteiger partial charge in [-0.2, -0.15) is 0 Å². The summed E-state index contributed by atoms with van der Waals surface area (Å²) in [6.07, 6.45) is 1.73. The van der Waals surface area contributed by atoms with E-state index in [4.69, 9.17) is 10.2 Å². The fraction of sp³-hybridized carbons (Fsp3) is 0.944. The quantitative estimate of drug-likeness (QED) is 0.256. The van der Waals surface area contributed by atoms with E-state index < -0.39 is 31.0 Å². The summed E-state index contributed by atoms with van der Waals surface area (Å²) >= 11 is 0. The molecule has 8 nitrogen and oxygen atoms in total. The Bertz CT molecular complexity index is 390. The average Bonchev–Trinajstić information content (AvgIpc) is 2.66. The molecule has 1 amide bonds. The van der Waals surface area contributed by atoms with Crippen LogP contribution in [0, 0.1) is 5.92 Å². The van der Waals surface area contributed by atoms with Crippen molar-refractivity contribution in [2.75, 3.05) is 26.3 Å². The molecule has 0 heterocycles. The first-order valence-electron chi connectivity index (χ1n) is 9.62. The van der Waals surface area contributed by atoms with Gasteiger partial charge in [-0.1, -0.05) is 32.1 Å². The highest BCUT2D eigenvalue weighted by Crippen LogP contribution is 2.27. The monoisotopic (exact) mass is 377 g/mol. The van der Waals surface area contributed by atoms with Gasteiger partial charge < -0.3 is 35.5 Å². The Morgan fingerprint density at radius 1 is 0.962 bits per heavy atom. The molecule has 0 aromatic rings. The molecule has 1 fully saturated rings. The molecule has 0 spiro atoms. The second-order valence-corrected chi connectivity index (χ2v) is 7.26. The summed E-state index contributed by atoms with van der Waals surface area (Å²) in [4.78, 5) is 13.6. The van der Waals surface area contributed by atoms with Crippen molar-refractivity contribution in [3.63, 3.8) is 0 Å². The summed E-state index contributed by atoms with van der Waals surface area (Å²) in [5.74, 6) is 0.448. The normalized spacial score (nSPS) is 20.4. The largest absolute Gasteiger partial charge is 0.395 e. The number of carbonyl (C=O) groups is 1. The van der Waals surface area contributed by atoms with Crippen LogP contribution in [-0.4, -0.2) is 92.2 Å². The molecule has 6 N–H and O–H groups in total. The van der Waals surface area contributed by atoms with Gasteiger partial charge in [0, 0.05) is 19.5 Å². The number of amides is 1. The molecule has 0 radical (unpaired) electrons. The first-order chi connectivity index (χ1) is 12.4. The van der Waals surface area contributed by atoms with Gasteiger partial charge in [-0.15, -0.1) is 0 Å². The lowest BCUT2D eigenvalue weighted by Gasteiger charge is -2.30. The van der Waals surface area contributed by atoms with Crippen LogP contribution in [0.4, 0.5) is 0 Å². The predicted molar refractivity (Wildman–Crippen MR) is 95.2 cm³/mol. The first kappa shape index (κ1) is 23.3. The Balaban J connectivity index is 2.45. The molecule has 0 aromatic heterocycles. The Hall–Kier alpha value is -0.770. The van der Waals surface area contributed by atoms with E-state index in [0.29, 0.717) is 12.3 Å². The van der Waals surface area contributed by atoms with E-state index in [2.05, 4.69) is 0 Å². The third-order valence-electron chi connectivity index (χ3n) is 5.18. The lowest BCUT2D eigenvalue weighted by atomic mass is 9.86. The molecule has 4 atom stereocenters. The molecule has 8 heteroatoms. The lowest BCUT2D eigenvalue weighted by Crippen LogP contribution is -2.51. The van der Waals surface area contributed by atoms with Crippen molar-refractivity contribution < 1.29 is 35.4 Å². The van der Waals surface area contributed by atoms with Crippen LogP contribution in [0.2, 0.25) is 0 Å². The molecule has 0 aromatic carbocycles. The van der Waals surface area contributed by atoms with Crippen molar-refractivity contribution in [2.45, 2.75) is 75.8 Å². The Morgan fingerprint density at radius 2 is 1.58 bits per heavy atom. The minimum Gasteiger partial charge on any atom is -0.395 e. The Morgan fingerprint density at radius 3 is 2.15 bits per heavy atom. The summed E-state index contributed by atoms with van der Waals surface area (Å²) in [6, 6.07) is 0. The van der Waals surface area contributed by atoms with E-state index in [1.807, 2.05) is 0 Å². The SMILES string of the molecule is O=C(CCCC1CCCCC1)N(CCO)C[C@H](O)[C@@H](O)[C@H](O)[C@H](O)CO. The minimum absolute atomic E-state index is 0.0185.